The van der Waals surface area contributed by atoms with E-state index in [1.807, 2.05) is 0 Å². The third-order valence-electron chi connectivity index (χ3n) is 1.10. The summed E-state index contributed by atoms with van der Waals surface area (Å²) in [6.45, 7) is 0.938. The summed E-state index contributed by atoms with van der Waals surface area (Å²) in [5.41, 5.74) is 0. The van der Waals surface area contributed by atoms with Crippen LogP contribution in [-0.4, -0.2) is 12.4 Å². The SMILES string of the molecule is CCC(C#N)C(=O)C[O-].[Na+]. The fraction of sp³-hybridized carbons (Fsp3) is 0.667. The van der Waals surface area contributed by atoms with Crippen LogP contribution in [0.5, 0.6) is 0 Å². The Morgan fingerprint density at radius 2 is 2.30 bits per heavy atom. The summed E-state index contributed by atoms with van der Waals surface area (Å²) in [6, 6.07) is 1.75. The third kappa shape index (κ3) is 4.02. The Bertz CT molecular complexity index is 141. The molecule has 10 heavy (non-hydrogen) atoms. The largest absolute Gasteiger partial charge is 1.00 e. The molecule has 0 saturated carbocycles. The first-order valence-corrected chi connectivity index (χ1v) is 2.76. The molecule has 0 aromatic heterocycles. The first-order chi connectivity index (χ1) is 4.26. The molecule has 0 fully saturated rings. The van der Waals surface area contributed by atoms with Gasteiger partial charge in [0.15, 0.2) is 0 Å². The molecule has 3 nitrogen and oxygen atoms in total. The van der Waals surface area contributed by atoms with Gasteiger partial charge in [0.25, 0.3) is 0 Å². The molecular weight excluding hydrogens is 141 g/mol. The van der Waals surface area contributed by atoms with E-state index in [-0.39, 0.29) is 29.6 Å². The van der Waals surface area contributed by atoms with Crippen LogP contribution in [0, 0.1) is 17.2 Å². The van der Waals surface area contributed by atoms with Gasteiger partial charge in [-0.2, -0.15) is 5.26 Å². The van der Waals surface area contributed by atoms with Gasteiger partial charge >= 0.3 is 29.6 Å². The summed E-state index contributed by atoms with van der Waals surface area (Å²) in [5.74, 6) is -1.18. The molecule has 0 aromatic rings. The minimum atomic E-state index is -0.772. The van der Waals surface area contributed by atoms with Crippen LogP contribution in [0.15, 0.2) is 0 Å². The second-order valence-corrected chi connectivity index (χ2v) is 1.70. The molecule has 0 heterocycles. The smallest absolute Gasteiger partial charge is 0.849 e. The van der Waals surface area contributed by atoms with E-state index in [0.29, 0.717) is 6.42 Å². The molecule has 0 bridgehead atoms. The molecule has 1 unspecified atom stereocenters. The van der Waals surface area contributed by atoms with Crippen molar-refractivity contribution in [1.82, 2.24) is 0 Å². The predicted octanol–water partition coefficient (Wildman–Crippen LogP) is -3.53. The van der Waals surface area contributed by atoms with Crippen molar-refractivity contribution in [3.63, 3.8) is 0 Å². The van der Waals surface area contributed by atoms with Crippen molar-refractivity contribution >= 4 is 5.78 Å². The molecule has 0 spiro atoms. The Morgan fingerprint density at radius 1 is 1.80 bits per heavy atom. The van der Waals surface area contributed by atoms with Gasteiger partial charge in [0.2, 0.25) is 0 Å². The van der Waals surface area contributed by atoms with Crippen LogP contribution in [0.25, 0.3) is 0 Å². The summed E-state index contributed by atoms with van der Waals surface area (Å²) in [7, 11) is 0. The summed E-state index contributed by atoms with van der Waals surface area (Å²) in [4.78, 5) is 10.4. The van der Waals surface area contributed by atoms with E-state index in [4.69, 9.17) is 5.26 Å². The molecule has 0 aliphatic rings. The molecule has 50 valence electrons. The average molecular weight is 149 g/mol. The Labute approximate surface area is 82.3 Å². The van der Waals surface area contributed by atoms with Crippen LogP contribution in [0.1, 0.15) is 13.3 Å². The molecular formula is C6H8NNaO2. The first-order valence-electron chi connectivity index (χ1n) is 2.76. The molecule has 0 aromatic carbocycles. The number of hydrogen-bond acceptors (Lipinski definition) is 3. The zero-order chi connectivity index (χ0) is 7.28. The predicted molar refractivity (Wildman–Crippen MR) is 29.3 cm³/mol. The summed E-state index contributed by atoms with van der Waals surface area (Å²) in [5, 5.41) is 18.1. The minimum absolute atomic E-state index is 0. The normalized spacial score (nSPS) is 10.9. The van der Waals surface area contributed by atoms with Crippen molar-refractivity contribution in [2.45, 2.75) is 13.3 Å². The number of carbonyl (C=O) groups excluding carboxylic acids is 1. The van der Waals surface area contributed by atoms with Gasteiger partial charge in [0.1, 0.15) is 11.7 Å². The van der Waals surface area contributed by atoms with E-state index in [1.165, 1.54) is 0 Å². The van der Waals surface area contributed by atoms with Crippen LogP contribution in [0.2, 0.25) is 0 Å². The van der Waals surface area contributed by atoms with Crippen LogP contribution in [-0.2, 0) is 4.79 Å². The molecule has 0 saturated heterocycles. The van der Waals surface area contributed by atoms with Gasteiger partial charge in [-0.25, -0.2) is 0 Å². The van der Waals surface area contributed by atoms with Gasteiger partial charge in [-0.05, 0) is 6.42 Å². The van der Waals surface area contributed by atoms with Gasteiger partial charge in [-0.15, -0.1) is 0 Å². The zero-order valence-corrected chi connectivity index (χ0v) is 8.26. The van der Waals surface area contributed by atoms with Gasteiger partial charge in [-0.3, -0.25) is 4.79 Å². The molecule has 1 atom stereocenters. The van der Waals surface area contributed by atoms with Crippen molar-refractivity contribution < 1.29 is 39.5 Å². The maximum absolute atomic E-state index is 10.4. The van der Waals surface area contributed by atoms with E-state index in [1.54, 1.807) is 13.0 Å². The van der Waals surface area contributed by atoms with E-state index in [2.05, 4.69) is 0 Å². The van der Waals surface area contributed by atoms with E-state index >= 15 is 0 Å². The Kier molecular flexibility index (Phi) is 9.23. The minimum Gasteiger partial charge on any atom is -0.849 e. The third-order valence-corrected chi connectivity index (χ3v) is 1.10. The van der Waals surface area contributed by atoms with Crippen LogP contribution >= 0.6 is 0 Å². The van der Waals surface area contributed by atoms with Crippen LogP contribution in [0.3, 0.4) is 0 Å². The number of hydrogen-bond donors (Lipinski definition) is 0. The first kappa shape index (κ1) is 12.8. The van der Waals surface area contributed by atoms with Crippen molar-refractivity contribution in [3.8, 4) is 6.07 Å². The molecule has 0 radical (unpaired) electrons. The van der Waals surface area contributed by atoms with E-state index in [9.17, 15) is 9.90 Å². The second-order valence-electron chi connectivity index (χ2n) is 1.70. The number of Topliss-reactive ketones (excluding diaryl/α,β-unsaturated/α-hetero) is 1. The number of nitriles is 1. The van der Waals surface area contributed by atoms with E-state index in [0.717, 1.165) is 0 Å². The fourth-order valence-corrected chi connectivity index (χ4v) is 0.492. The average Bonchev–Trinajstić information content (AvgIpc) is 1.90. The Morgan fingerprint density at radius 3 is 2.40 bits per heavy atom. The number of nitrogens with zero attached hydrogens (tertiary/aromatic N) is 1. The quantitative estimate of drug-likeness (QED) is 0.390. The monoisotopic (exact) mass is 149 g/mol. The Hall–Kier alpha value is 0.120. The number of carbonyl (C=O) groups is 1. The van der Waals surface area contributed by atoms with Crippen LogP contribution < -0.4 is 34.7 Å². The number of ketones is 1. The Balaban J connectivity index is 0. The summed E-state index contributed by atoms with van der Waals surface area (Å²) < 4.78 is 0. The van der Waals surface area contributed by atoms with Gasteiger partial charge in [0, 0.05) is 0 Å². The second kappa shape index (κ2) is 7.23. The molecule has 0 amide bonds. The topological polar surface area (TPSA) is 63.9 Å². The van der Waals surface area contributed by atoms with Crippen molar-refractivity contribution in [2.24, 2.45) is 5.92 Å². The van der Waals surface area contributed by atoms with Gasteiger partial charge < -0.3 is 5.11 Å². The molecule has 0 aliphatic heterocycles. The summed E-state index contributed by atoms with van der Waals surface area (Å²) in [6.07, 6.45) is 0.442. The maximum atomic E-state index is 10.4. The molecule has 0 N–H and O–H groups in total. The van der Waals surface area contributed by atoms with E-state index < -0.39 is 18.3 Å². The van der Waals surface area contributed by atoms with Crippen molar-refractivity contribution in [2.75, 3.05) is 6.61 Å². The van der Waals surface area contributed by atoms with Gasteiger partial charge in [-0.1, -0.05) is 13.5 Å². The van der Waals surface area contributed by atoms with Crippen molar-refractivity contribution in [3.05, 3.63) is 0 Å². The summed E-state index contributed by atoms with van der Waals surface area (Å²) >= 11 is 0. The molecule has 0 aliphatic carbocycles. The van der Waals surface area contributed by atoms with Gasteiger partial charge in [0.05, 0.1) is 6.07 Å². The number of rotatable bonds is 3. The molecule has 0 rings (SSSR count). The standard InChI is InChI=1S/C6H8NO2.Na/c1-2-5(3-7)6(9)4-8;/h5H,2,4H2,1H3;/q-1;+1. The maximum Gasteiger partial charge on any atom is 1.00 e. The zero-order valence-electron chi connectivity index (χ0n) is 6.26. The van der Waals surface area contributed by atoms with Crippen LogP contribution in [0.4, 0.5) is 0 Å². The van der Waals surface area contributed by atoms with Crippen molar-refractivity contribution in [1.29, 1.82) is 5.26 Å². The molecule has 4 heteroatoms. The fourth-order valence-electron chi connectivity index (χ4n) is 0.492.